The Hall–Kier alpha value is -3.22. The van der Waals surface area contributed by atoms with E-state index in [2.05, 4.69) is 5.32 Å². The molecule has 0 radical (unpaired) electrons. The molecule has 2 aromatic rings. The molecule has 0 bridgehead atoms. The van der Waals surface area contributed by atoms with Gasteiger partial charge >= 0.3 is 5.97 Å². The van der Waals surface area contributed by atoms with Crippen LogP contribution in [0.5, 0.6) is 5.75 Å². The van der Waals surface area contributed by atoms with Crippen molar-refractivity contribution in [3.05, 3.63) is 65.5 Å². The molecule has 0 saturated heterocycles. The largest absolute Gasteiger partial charge is 0.494 e. The number of rotatable bonds is 8. The highest BCUT2D eigenvalue weighted by molar-refractivity contribution is 5.98. The zero-order chi connectivity index (χ0) is 18.9. The van der Waals surface area contributed by atoms with Crippen molar-refractivity contribution in [3.63, 3.8) is 0 Å². The molecule has 0 unspecified atom stereocenters. The number of carbonyl (C=O) groups excluding carboxylic acids is 3. The zero-order valence-electron chi connectivity index (χ0n) is 14.2. The number of ketones is 1. The molecule has 6 nitrogen and oxygen atoms in total. The summed E-state index contributed by atoms with van der Waals surface area (Å²) in [7, 11) is 1.31. The van der Waals surface area contributed by atoms with E-state index < -0.39 is 24.2 Å². The number of hydrogen-bond donors (Lipinski definition) is 1. The number of nitrogens with one attached hydrogen (secondary N) is 1. The third-order valence-corrected chi connectivity index (χ3v) is 3.48. The third kappa shape index (κ3) is 5.70. The van der Waals surface area contributed by atoms with E-state index in [0.717, 1.165) is 11.6 Å². The normalized spacial score (nSPS) is 10.1. The molecule has 0 saturated carbocycles. The lowest BCUT2D eigenvalue weighted by Crippen LogP contribution is -2.32. The second kappa shape index (κ2) is 9.31. The molecular weight excluding hydrogens is 341 g/mol. The van der Waals surface area contributed by atoms with Gasteiger partial charge in [0.15, 0.2) is 24.0 Å². The average molecular weight is 359 g/mol. The fourth-order valence-corrected chi connectivity index (χ4v) is 2.13. The molecule has 2 rings (SSSR count). The number of ether oxygens (including phenoxy) is 2. The van der Waals surface area contributed by atoms with Crippen LogP contribution in [0.15, 0.2) is 48.5 Å². The first-order valence-corrected chi connectivity index (χ1v) is 7.82. The number of esters is 1. The zero-order valence-corrected chi connectivity index (χ0v) is 14.2. The first kappa shape index (κ1) is 19.1. The van der Waals surface area contributed by atoms with Gasteiger partial charge < -0.3 is 14.8 Å². The molecule has 0 aromatic heterocycles. The van der Waals surface area contributed by atoms with Crippen molar-refractivity contribution >= 4 is 17.7 Å². The third-order valence-electron chi connectivity index (χ3n) is 3.48. The molecule has 0 aliphatic rings. The number of halogens is 1. The Morgan fingerprint density at radius 2 is 1.81 bits per heavy atom. The number of Topliss-reactive ketones (excluding diaryl/α,β-unsaturated/α-hetero) is 1. The summed E-state index contributed by atoms with van der Waals surface area (Å²) < 4.78 is 23.1. The van der Waals surface area contributed by atoms with Crippen molar-refractivity contribution in [1.82, 2.24) is 5.32 Å². The van der Waals surface area contributed by atoms with Gasteiger partial charge in [0.2, 0.25) is 5.91 Å². The predicted octanol–water partition coefficient (Wildman–Crippen LogP) is 1.92. The van der Waals surface area contributed by atoms with E-state index in [9.17, 15) is 18.8 Å². The fraction of sp³-hybridized carbons (Fsp3) is 0.211. The van der Waals surface area contributed by atoms with E-state index in [4.69, 9.17) is 9.47 Å². The summed E-state index contributed by atoms with van der Waals surface area (Å²) in [6, 6.07) is 12.7. The minimum atomic E-state index is -0.756. The molecule has 2 aromatic carbocycles. The lowest BCUT2D eigenvalue weighted by atomic mass is 10.1. The van der Waals surface area contributed by atoms with Crippen LogP contribution in [0, 0.1) is 5.82 Å². The number of amides is 1. The lowest BCUT2D eigenvalue weighted by Gasteiger charge is -2.07. The first-order chi connectivity index (χ1) is 12.5. The van der Waals surface area contributed by atoms with Crippen LogP contribution in [0.3, 0.4) is 0 Å². The van der Waals surface area contributed by atoms with Crippen LogP contribution in [0.2, 0.25) is 0 Å². The number of hydrogen-bond acceptors (Lipinski definition) is 5. The van der Waals surface area contributed by atoms with Gasteiger partial charge in [-0.3, -0.25) is 14.4 Å². The number of methoxy groups -OCH3 is 1. The predicted molar refractivity (Wildman–Crippen MR) is 91.4 cm³/mol. The van der Waals surface area contributed by atoms with Gasteiger partial charge in [-0.15, -0.1) is 0 Å². The van der Waals surface area contributed by atoms with E-state index in [-0.39, 0.29) is 30.2 Å². The average Bonchev–Trinajstić information content (AvgIpc) is 2.65. The molecule has 0 heterocycles. The van der Waals surface area contributed by atoms with E-state index in [1.54, 1.807) is 12.1 Å². The van der Waals surface area contributed by atoms with Gasteiger partial charge in [0.25, 0.3) is 0 Å². The second-order valence-electron chi connectivity index (χ2n) is 5.37. The minimum absolute atomic E-state index is 0.0136. The van der Waals surface area contributed by atoms with Crippen LogP contribution >= 0.6 is 0 Å². The SMILES string of the molecule is COc1ccc(C(=O)COC(=O)CNC(=O)Cc2ccccc2)cc1F. The summed E-state index contributed by atoms with van der Waals surface area (Å²) in [4.78, 5) is 35.3. The molecule has 0 aliphatic carbocycles. The molecular formula is C19H18FNO5. The molecule has 26 heavy (non-hydrogen) atoms. The van der Waals surface area contributed by atoms with Crippen LogP contribution in [-0.4, -0.2) is 37.9 Å². The van der Waals surface area contributed by atoms with Crippen molar-refractivity contribution in [2.75, 3.05) is 20.3 Å². The maximum Gasteiger partial charge on any atom is 0.325 e. The van der Waals surface area contributed by atoms with Crippen LogP contribution in [0.1, 0.15) is 15.9 Å². The molecule has 0 aliphatic heterocycles. The van der Waals surface area contributed by atoms with Crippen LogP contribution in [0.4, 0.5) is 4.39 Å². The van der Waals surface area contributed by atoms with Gasteiger partial charge in [-0.05, 0) is 23.8 Å². The summed E-state index contributed by atoms with van der Waals surface area (Å²) in [5, 5.41) is 2.42. The van der Waals surface area contributed by atoms with E-state index >= 15 is 0 Å². The molecule has 1 amide bonds. The Labute approximate surface area is 149 Å². The summed E-state index contributed by atoms with van der Waals surface area (Å²) in [5.41, 5.74) is 0.874. The summed E-state index contributed by atoms with van der Waals surface area (Å²) >= 11 is 0. The Kier molecular flexibility index (Phi) is 6.84. The van der Waals surface area contributed by atoms with Gasteiger partial charge in [-0.1, -0.05) is 30.3 Å². The maximum absolute atomic E-state index is 13.6. The molecule has 0 spiro atoms. The van der Waals surface area contributed by atoms with E-state index in [1.807, 2.05) is 18.2 Å². The van der Waals surface area contributed by atoms with E-state index in [0.29, 0.717) is 0 Å². The highest BCUT2D eigenvalue weighted by Gasteiger charge is 2.13. The topological polar surface area (TPSA) is 81.7 Å². The summed E-state index contributed by atoms with van der Waals surface area (Å²) in [6.07, 6.45) is 0.137. The molecule has 0 fully saturated rings. The minimum Gasteiger partial charge on any atom is -0.494 e. The van der Waals surface area contributed by atoms with Crippen molar-refractivity contribution in [3.8, 4) is 5.75 Å². The Balaban J connectivity index is 1.75. The van der Waals surface area contributed by atoms with Crippen molar-refractivity contribution in [2.45, 2.75) is 6.42 Å². The molecule has 7 heteroatoms. The highest BCUT2D eigenvalue weighted by atomic mass is 19.1. The first-order valence-electron chi connectivity index (χ1n) is 7.82. The van der Waals surface area contributed by atoms with Gasteiger partial charge in [-0.2, -0.15) is 0 Å². The Bertz CT molecular complexity index is 792. The molecule has 1 N–H and O–H groups in total. The molecule has 0 atom stereocenters. The molecule has 136 valence electrons. The van der Waals surface area contributed by atoms with Gasteiger partial charge in [0.1, 0.15) is 6.54 Å². The van der Waals surface area contributed by atoms with Gasteiger partial charge in [0.05, 0.1) is 13.5 Å². The van der Waals surface area contributed by atoms with Crippen LogP contribution in [0.25, 0.3) is 0 Å². The summed E-state index contributed by atoms with van der Waals surface area (Å²) in [6.45, 7) is -0.894. The van der Waals surface area contributed by atoms with Crippen molar-refractivity contribution in [2.24, 2.45) is 0 Å². The van der Waals surface area contributed by atoms with Crippen molar-refractivity contribution < 1.29 is 28.2 Å². The Morgan fingerprint density at radius 3 is 2.46 bits per heavy atom. The quantitative estimate of drug-likeness (QED) is 0.575. The van der Waals surface area contributed by atoms with Gasteiger partial charge in [0, 0.05) is 5.56 Å². The van der Waals surface area contributed by atoms with Crippen molar-refractivity contribution in [1.29, 1.82) is 0 Å². The fourth-order valence-electron chi connectivity index (χ4n) is 2.13. The number of benzene rings is 2. The second-order valence-corrected chi connectivity index (χ2v) is 5.37. The Morgan fingerprint density at radius 1 is 1.08 bits per heavy atom. The van der Waals surface area contributed by atoms with Gasteiger partial charge in [-0.25, -0.2) is 4.39 Å². The van der Waals surface area contributed by atoms with Crippen LogP contribution in [-0.2, 0) is 20.7 Å². The lowest BCUT2D eigenvalue weighted by molar-refractivity contribution is -0.142. The highest BCUT2D eigenvalue weighted by Crippen LogP contribution is 2.17. The van der Waals surface area contributed by atoms with E-state index in [1.165, 1.54) is 19.2 Å². The smallest absolute Gasteiger partial charge is 0.325 e. The number of carbonyl (C=O) groups is 3. The summed E-state index contributed by atoms with van der Waals surface area (Å²) in [5.74, 6) is -2.32. The standard InChI is InChI=1S/C19H18FNO5/c1-25-17-8-7-14(10-15(17)20)16(22)12-26-19(24)11-21-18(23)9-13-5-3-2-4-6-13/h2-8,10H,9,11-12H2,1H3,(H,21,23). The maximum atomic E-state index is 13.6. The monoisotopic (exact) mass is 359 g/mol. The van der Waals surface area contributed by atoms with Crippen LogP contribution < -0.4 is 10.1 Å².